The van der Waals surface area contributed by atoms with Gasteiger partial charge in [0.25, 0.3) is 0 Å². The first kappa shape index (κ1) is 17.5. The molecule has 1 heterocycles. The summed E-state index contributed by atoms with van der Waals surface area (Å²) in [5, 5.41) is 0. The summed E-state index contributed by atoms with van der Waals surface area (Å²) in [6.07, 6.45) is 0. The highest BCUT2D eigenvalue weighted by Crippen LogP contribution is 2.44. The van der Waals surface area contributed by atoms with Crippen molar-refractivity contribution >= 4 is 11.6 Å². The first-order valence-electron chi connectivity index (χ1n) is 8.94. The zero-order valence-corrected chi connectivity index (χ0v) is 15.2. The monoisotopic (exact) mass is 338 g/mol. The van der Waals surface area contributed by atoms with Crippen molar-refractivity contribution in [1.29, 1.82) is 0 Å². The maximum Gasteiger partial charge on any atom is 0.234 e. The fraction of sp³-hybridized carbons (Fsp3) is 0.381. The summed E-state index contributed by atoms with van der Waals surface area (Å²) in [6, 6.07) is 18.1. The van der Waals surface area contributed by atoms with Gasteiger partial charge in [0.15, 0.2) is 0 Å². The van der Waals surface area contributed by atoms with Crippen molar-refractivity contribution in [2.24, 2.45) is 5.92 Å². The molecule has 2 aromatic rings. The minimum absolute atomic E-state index is 0.00408. The maximum atomic E-state index is 12.9. The third-order valence-corrected chi connectivity index (χ3v) is 5.05. The number of ether oxygens (including phenoxy) is 1. The van der Waals surface area contributed by atoms with E-state index in [1.54, 1.807) is 7.11 Å². The van der Waals surface area contributed by atoms with Gasteiger partial charge in [0.1, 0.15) is 5.75 Å². The van der Waals surface area contributed by atoms with Crippen LogP contribution in [0.3, 0.4) is 0 Å². The van der Waals surface area contributed by atoms with Gasteiger partial charge in [-0.1, -0.05) is 44.2 Å². The average Bonchev–Trinajstić information content (AvgIpc) is 2.67. The van der Waals surface area contributed by atoms with E-state index in [4.69, 9.17) is 4.74 Å². The van der Waals surface area contributed by atoms with Crippen LogP contribution in [0.4, 0.5) is 5.69 Å². The second-order valence-corrected chi connectivity index (χ2v) is 6.35. The van der Waals surface area contributed by atoms with Gasteiger partial charge in [0, 0.05) is 12.2 Å². The smallest absolute Gasteiger partial charge is 0.234 e. The third-order valence-electron chi connectivity index (χ3n) is 5.05. The summed E-state index contributed by atoms with van der Waals surface area (Å²) in [5.74, 6) is 1.00. The number of nitrogens with zero attached hydrogens (tertiary/aromatic N) is 2. The van der Waals surface area contributed by atoms with Gasteiger partial charge < -0.3 is 14.5 Å². The first-order chi connectivity index (χ1) is 12.2. The fourth-order valence-electron chi connectivity index (χ4n) is 3.55. The van der Waals surface area contributed by atoms with Crippen molar-refractivity contribution in [3.63, 3.8) is 0 Å². The molecule has 0 radical (unpaired) electrons. The molecule has 1 amide bonds. The van der Waals surface area contributed by atoms with Gasteiger partial charge in [-0.05, 0) is 42.9 Å². The van der Waals surface area contributed by atoms with Crippen LogP contribution in [0.25, 0.3) is 0 Å². The second kappa shape index (κ2) is 7.70. The van der Waals surface area contributed by atoms with E-state index in [0.29, 0.717) is 0 Å². The van der Waals surface area contributed by atoms with Crippen LogP contribution in [-0.4, -0.2) is 37.6 Å². The molecular weight excluding hydrogens is 312 g/mol. The molecule has 0 N–H and O–H groups in total. The summed E-state index contributed by atoms with van der Waals surface area (Å²) in [4.78, 5) is 17.2. The normalized spacial score (nSPS) is 19.8. The molecule has 4 nitrogen and oxygen atoms in total. The van der Waals surface area contributed by atoms with Crippen LogP contribution in [0, 0.1) is 5.92 Å². The predicted molar refractivity (Wildman–Crippen MR) is 101 cm³/mol. The number of methoxy groups -OCH3 is 1. The Kier molecular flexibility index (Phi) is 5.39. The Morgan fingerprint density at radius 3 is 2.20 bits per heavy atom. The van der Waals surface area contributed by atoms with Crippen LogP contribution in [-0.2, 0) is 4.79 Å². The number of carbonyl (C=O) groups excluding carboxylic acids is 1. The van der Waals surface area contributed by atoms with E-state index in [1.807, 2.05) is 47.4 Å². The molecule has 1 fully saturated rings. The molecule has 0 saturated carbocycles. The number of anilines is 1. The largest absolute Gasteiger partial charge is 0.497 e. The SMILES string of the molecule is CCN(CC)C[C@H]1C(=O)N(c2ccc(OC)cc2)[C@@H]1c1ccccc1. The van der Waals surface area contributed by atoms with Crippen molar-refractivity contribution in [1.82, 2.24) is 4.90 Å². The van der Waals surface area contributed by atoms with Crippen molar-refractivity contribution in [2.75, 3.05) is 31.6 Å². The number of amides is 1. The Bertz CT molecular complexity index is 696. The first-order valence-corrected chi connectivity index (χ1v) is 8.94. The number of rotatable bonds is 7. The van der Waals surface area contributed by atoms with Crippen LogP contribution in [0.2, 0.25) is 0 Å². The molecule has 132 valence electrons. The Morgan fingerprint density at radius 2 is 1.64 bits per heavy atom. The van der Waals surface area contributed by atoms with E-state index >= 15 is 0 Å². The van der Waals surface area contributed by atoms with Crippen LogP contribution < -0.4 is 9.64 Å². The van der Waals surface area contributed by atoms with E-state index in [-0.39, 0.29) is 17.9 Å². The summed E-state index contributed by atoms with van der Waals surface area (Å²) < 4.78 is 5.23. The molecule has 1 aliphatic heterocycles. The Balaban J connectivity index is 1.90. The summed E-state index contributed by atoms with van der Waals surface area (Å²) >= 11 is 0. The Labute approximate surface area is 150 Å². The topological polar surface area (TPSA) is 32.8 Å². The Hall–Kier alpha value is -2.33. The quantitative estimate of drug-likeness (QED) is 0.721. The number of hydrogen-bond donors (Lipinski definition) is 0. The molecule has 2 aromatic carbocycles. The molecule has 0 bridgehead atoms. The summed E-state index contributed by atoms with van der Waals surface area (Å²) in [5.41, 5.74) is 2.12. The molecule has 4 heteroatoms. The summed E-state index contributed by atoms with van der Waals surface area (Å²) in [7, 11) is 1.65. The van der Waals surface area contributed by atoms with Gasteiger partial charge in [-0.2, -0.15) is 0 Å². The minimum Gasteiger partial charge on any atom is -0.497 e. The van der Waals surface area contributed by atoms with E-state index in [9.17, 15) is 4.79 Å². The zero-order valence-electron chi connectivity index (χ0n) is 15.2. The maximum absolute atomic E-state index is 12.9. The van der Waals surface area contributed by atoms with Crippen molar-refractivity contribution in [3.8, 4) is 5.75 Å². The van der Waals surface area contributed by atoms with E-state index in [0.717, 1.165) is 31.1 Å². The zero-order chi connectivity index (χ0) is 17.8. The van der Waals surface area contributed by atoms with Crippen molar-refractivity contribution < 1.29 is 9.53 Å². The van der Waals surface area contributed by atoms with Crippen LogP contribution in [0.1, 0.15) is 25.5 Å². The predicted octanol–water partition coefficient (Wildman–Crippen LogP) is 3.74. The molecule has 2 atom stereocenters. The molecule has 0 spiro atoms. The lowest BCUT2D eigenvalue weighted by Crippen LogP contribution is -2.58. The number of hydrogen-bond acceptors (Lipinski definition) is 3. The molecule has 1 saturated heterocycles. The molecule has 25 heavy (non-hydrogen) atoms. The van der Waals surface area contributed by atoms with Crippen LogP contribution in [0.5, 0.6) is 5.75 Å². The molecule has 1 aliphatic rings. The molecule has 0 aromatic heterocycles. The highest BCUT2D eigenvalue weighted by Gasteiger charge is 2.48. The second-order valence-electron chi connectivity index (χ2n) is 6.35. The van der Waals surface area contributed by atoms with Crippen LogP contribution >= 0.6 is 0 Å². The Morgan fingerprint density at radius 1 is 1.00 bits per heavy atom. The minimum atomic E-state index is 0.00408. The van der Waals surface area contributed by atoms with E-state index in [1.165, 1.54) is 5.56 Å². The highest BCUT2D eigenvalue weighted by molar-refractivity contribution is 6.03. The lowest BCUT2D eigenvalue weighted by molar-refractivity contribution is -0.131. The van der Waals surface area contributed by atoms with Crippen molar-refractivity contribution in [2.45, 2.75) is 19.9 Å². The van der Waals surface area contributed by atoms with Gasteiger partial charge >= 0.3 is 0 Å². The van der Waals surface area contributed by atoms with Gasteiger partial charge in [-0.15, -0.1) is 0 Å². The standard InChI is InChI=1S/C21H26N2O2/c1-4-22(5-2)15-19-20(16-9-7-6-8-10-16)23(21(19)24)17-11-13-18(25-3)14-12-17/h6-14,19-20H,4-5,15H2,1-3H3/t19-,20-/m1/s1. The molecule has 3 rings (SSSR count). The molecular formula is C21H26N2O2. The lowest BCUT2D eigenvalue weighted by atomic mass is 9.81. The fourth-order valence-corrected chi connectivity index (χ4v) is 3.55. The average molecular weight is 338 g/mol. The van der Waals surface area contributed by atoms with Crippen molar-refractivity contribution in [3.05, 3.63) is 60.2 Å². The van der Waals surface area contributed by atoms with Gasteiger partial charge in [-0.3, -0.25) is 4.79 Å². The highest BCUT2D eigenvalue weighted by atomic mass is 16.5. The van der Waals surface area contributed by atoms with E-state index < -0.39 is 0 Å². The molecule has 0 unspecified atom stereocenters. The lowest BCUT2D eigenvalue weighted by Gasteiger charge is -2.48. The third kappa shape index (κ3) is 3.40. The molecule has 0 aliphatic carbocycles. The number of β-lactam (4-membered cyclic amide) rings is 1. The number of carbonyl (C=O) groups is 1. The van der Waals surface area contributed by atoms with Gasteiger partial charge in [0.05, 0.1) is 19.1 Å². The summed E-state index contributed by atoms with van der Waals surface area (Å²) in [6.45, 7) is 7.02. The van der Waals surface area contributed by atoms with Gasteiger partial charge in [-0.25, -0.2) is 0 Å². The van der Waals surface area contributed by atoms with Gasteiger partial charge in [0.2, 0.25) is 5.91 Å². The van der Waals surface area contributed by atoms with Crippen LogP contribution in [0.15, 0.2) is 54.6 Å². The number of benzene rings is 2. The van der Waals surface area contributed by atoms with E-state index in [2.05, 4.69) is 30.9 Å².